The van der Waals surface area contributed by atoms with Gasteiger partial charge in [0, 0.05) is 50.4 Å². The molecule has 2 saturated heterocycles. The lowest BCUT2D eigenvalue weighted by Gasteiger charge is -2.52. The van der Waals surface area contributed by atoms with Crippen molar-refractivity contribution < 1.29 is 9.90 Å². The van der Waals surface area contributed by atoms with Gasteiger partial charge in [-0.2, -0.15) is 0 Å². The van der Waals surface area contributed by atoms with Crippen molar-refractivity contribution in [3.8, 4) is 0 Å². The van der Waals surface area contributed by atoms with Crippen molar-refractivity contribution in [2.45, 2.75) is 76.9 Å². The summed E-state index contributed by atoms with van der Waals surface area (Å²) in [5.41, 5.74) is 1.93. The fourth-order valence-corrected chi connectivity index (χ4v) is 6.25. The van der Waals surface area contributed by atoms with Gasteiger partial charge in [0.2, 0.25) is 5.91 Å². The van der Waals surface area contributed by atoms with Gasteiger partial charge in [0.15, 0.2) is 0 Å². The zero-order chi connectivity index (χ0) is 21.8. The molecule has 0 radical (unpaired) electrons. The summed E-state index contributed by atoms with van der Waals surface area (Å²) in [5.74, 6) is 0.481. The molecule has 4 rings (SSSR count). The van der Waals surface area contributed by atoms with Crippen molar-refractivity contribution in [1.29, 1.82) is 0 Å². The number of nitrogens with zero attached hydrogens (tertiary/aromatic N) is 3. The Labute approximate surface area is 188 Å². The molecule has 0 unspecified atom stereocenters. The maximum Gasteiger partial charge on any atom is 0.236 e. The van der Waals surface area contributed by atoms with Crippen LogP contribution in [0.1, 0.15) is 76.8 Å². The lowest BCUT2D eigenvalue weighted by molar-refractivity contribution is -0.145. The average molecular weight is 428 g/mol. The maximum absolute atomic E-state index is 13.1. The molecule has 5 nitrogen and oxygen atoms in total. The second-order valence-electron chi connectivity index (χ2n) is 9.83. The number of rotatable bonds is 6. The van der Waals surface area contributed by atoms with Gasteiger partial charge in [-0.1, -0.05) is 25.0 Å². The van der Waals surface area contributed by atoms with Crippen LogP contribution in [0, 0.1) is 5.92 Å². The molecule has 3 atom stereocenters. The van der Waals surface area contributed by atoms with E-state index in [1.165, 1.54) is 24.1 Å². The Balaban J connectivity index is 1.58. The third-order valence-corrected chi connectivity index (χ3v) is 8.08. The second-order valence-corrected chi connectivity index (χ2v) is 9.83. The van der Waals surface area contributed by atoms with Gasteiger partial charge in [-0.15, -0.1) is 0 Å². The molecule has 1 aromatic rings. The summed E-state index contributed by atoms with van der Waals surface area (Å²) < 4.78 is 0. The molecule has 0 spiro atoms. The molecule has 31 heavy (non-hydrogen) atoms. The van der Waals surface area contributed by atoms with Gasteiger partial charge in [0.05, 0.1) is 12.1 Å². The molecule has 1 amide bonds. The molecular weight excluding hydrogens is 386 g/mol. The second kappa shape index (κ2) is 9.91. The quantitative estimate of drug-likeness (QED) is 0.739. The Bertz CT molecular complexity index is 727. The molecule has 3 fully saturated rings. The van der Waals surface area contributed by atoms with Gasteiger partial charge in [-0.05, 0) is 70.1 Å². The van der Waals surface area contributed by atoms with Crippen LogP contribution in [0.15, 0.2) is 24.3 Å². The van der Waals surface area contributed by atoms with E-state index in [-0.39, 0.29) is 17.9 Å². The molecule has 1 aromatic carbocycles. The van der Waals surface area contributed by atoms with Crippen LogP contribution in [-0.2, 0) is 4.79 Å². The van der Waals surface area contributed by atoms with Crippen LogP contribution in [0.25, 0.3) is 0 Å². The summed E-state index contributed by atoms with van der Waals surface area (Å²) in [4.78, 5) is 19.9. The van der Waals surface area contributed by atoms with E-state index in [1.807, 2.05) is 0 Å². The highest BCUT2D eigenvalue weighted by Crippen LogP contribution is 2.49. The van der Waals surface area contributed by atoms with Crippen LogP contribution >= 0.6 is 0 Å². The first-order valence-electron chi connectivity index (χ1n) is 12.6. The summed E-state index contributed by atoms with van der Waals surface area (Å²) in [6.45, 7) is 9.47. The number of hydrogen-bond donors (Lipinski definition) is 1. The Kier molecular flexibility index (Phi) is 7.22. The summed E-state index contributed by atoms with van der Waals surface area (Å²) >= 11 is 0. The van der Waals surface area contributed by atoms with Crippen molar-refractivity contribution in [2.24, 2.45) is 5.92 Å². The predicted octanol–water partition coefficient (Wildman–Crippen LogP) is 4.21. The monoisotopic (exact) mass is 427 g/mol. The van der Waals surface area contributed by atoms with Crippen molar-refractivity contribution in [3.05, 3.63) is 29.8 Å². The summed E-state index contributed by atoms with van der Waals surface area (Å²) in [7, 11) is 0. The largest absolute Gasteiger partial charge is 0.389 e. The summed E-state index contributed by atoms with van der Waals surface area (Å²) in [6, 6.07) is 9.07. The minimum absolute atomic E-state index is 0.124. The topological polar surface area (TPSA) is 47.0 Å². The smallest absolute Gasteiger partial charge is 0.236 e. The highest BCUT2D eigenvalue weighted by Gasteiger charge is 2.49. The molecular formula is C26H41N3O2. The van der Waals surface area contributed by atoms with Crippen molar-refractivity contribution in [2.75, 3.05) is 44.2 Å². The van der Waals surface area contributed by atoms with E-state index in [2.05, 4.69) is 52.8 Å². The first kappa shape index (κ1) is 22.6. The number of benzene rings is 1. The van der Waals surface area contributed by atoms with Gasteiger partial charge in [0.1, 0.15) is 0 Å². The number of amides is 1. The molecule has 172 valence electrons. The Morgan fingerprint density at radius 3 is 2.39 bits per heavy atom. The van der Waals surface area contributed by atoms with Crippen LogP contribution in [0.3, 0.4) is 0 Å². The van der Waals surface area contributed by atoms with Crippen molar-refractivity contribution in [3.63, 3.8) is 0 Å². The molecule has 5 heteroatoms. The third-order valence-electron chi connectivity index (χ3n) is 8.08. The third kappa shape index (κ3) is 4.78. The van der Waals surface area contributed by atoms with Crippen LogP contribution in [-0.4, -0.2) is 65.7 Å². The molecule has 2 aliphatic heterocycles. The number of carbonyl (C=O) groups excluding carboxylic acids is 1. The molecule has 0 bridgehead atoms. The number of fused-ring (bicyclic) bond motifs is 1. The van der Waals surface area contributed by atoms with Crippen LogP contribution in [0.5, 0.6) is 0 Å². The van der Waals surface area contributed by atoms with Gasteiger partial charge >= 0.3 is 0 Å². The first-order chi connectivity index (χ1) is 15.1. The minimum Gasteiger partial charge on any atom is -0.389 e. The van der Waals surface area contributed by atoms with E-state index in [9.17, 15) is 9.90 Å². The molecule has 1 N–H and O–H groups in total. The van der Waals surface area contributed by atoms with E-state index < -0.39 is 5.60 Å². The predicted molar refractivity (Wildman–Crippen MR) is 126 cm³/mol. The number of hydrogen-bond acceptors (Lipinski definition) is 4. The van der Waals surface area contributed by atoms with Crippen molar-refractivity contribution >= 4 is 11.6 Å². The number of aliphatic hydroxyl groups is 1. The lowest BCUT2D eigenvalue weighted by atomic mass is 9.66. The Morgan fingerprint density at radius 2 is 1.71 bits per heavy atom. The maximum atomic E-state index is 13.1. The molecule has 1 saturated carbocycles. The van der Waals surface area contributed by atoms with Crippen molar-refractivity contribution in [1.82, 2.24) is 9.80 Å². The SMILES string of the molecule is CCN(CC)c1ccc([C@H]2[C@H]3CCCC[C@]3(O)CCN2CC(=O)N2CCCCC2)cc1. The molecule has 1 aliphatic carbocycles. The standard InChI is InChI=1S/C26H41N3O2/c1-3-27(4-2)22-13-11-21(12-14-22)25-23-10-6-7-15-26(23,31)16-19-29(25)20-24(30)28-17-8-5-9-18-28/h11-14,23,25,31H,3-10,15-20H2,1-2H3/t23-,25+,26+/m1/s1. The number of likely N-dealkylation sites (tertiary alicyclic amines) is 2. The highest BCUT2D eigenvalue weighted by molar-refractivity contribution is 5.78. The van der Waals surface area contributed by atoms with Gasteiger partial charge in [0.25, 0.3) is 0 Å². The zero-order valence-corrected chi connectivity index (χ0v) is 19.6. The van der Waals surface area contributed by atoms with Crippen LogP contribution in [0.4, 0.5) is 5.69 Å². The number of anilines is 1. The molecule has 0 aromatic heterocycles. The van der Waals surface area contributed by atoms with Gasteiger partial charge in [-0.25, -0.2) is 0 Å². The average Bonchev–Trinajstić information content (AvgIpc) is 2.81. The van der Waals surface area contributed by atoms with Crippen LogP contribution in [0.2, 0.25) is 0 Å². The summed E-state index contributed by atoms with van der Waals surface area (Å²) in [6.07, 6.45) is 8.53. The number of carbonyl (C=O) groups is 1. The lowest BCUT2D eigenvalue weighted by Crippen LogP contribution is -2.56. The van der Waals surface area contributed by atoms with E-state index >= 15 is 0 Å². The molecule has 2 heterocycles. The van der Waals surface area contributed by atoms with Crippen LogP contribution < -0.4 is 4.90 Å². The fourth-order valence-electron chi connectivity index (χ4n) is 6.25. The Hall–Kier alpha value is -1.59. The normalized spacial score (nSPS) is 29.5. The summed E-state index contributed by atoms with van der Waals surface area (Å²) in [5, 5.41) is 11.5. The van der Waals surface area contributed by atoms with E-state index in [0.717, 1.165) is 71.2 Å². The highest BCUT2D eigenvalue weighted by atomic mass is 16.3. The zero-order valence-electron chi connectivity index (χ0n) is 19.6. The first-order valence-corrected chi connectivity index (χ1v) is 12.6. The van der Waals surface area contributed by atoms with E-state index in [4.69, 9.17) is 0 Å². The van der Waals surface area contributed by atoms with E-state index in [1.54, 1.807) is 0 Å². The molecule has 3 aliphatic rings. The van der Waals surface area contributed by atoms with Gasteiger partial charge < -0.3 is 14.9 Å². The fraction of sp³-hybridized carbons (Fsp3) is 0.731. The van der Waals surface area contributed by atoms with E-state index in [0.29, 0.717) is 6.54 Å². The number of piperidine rings is 2. The minimum atomic E-state index is -0.578. The Morgan fingerprint density at radius 1 is 1.00 bits per heavy atom. The van der Waals surface area contributed by atoms with Gasteiger partial charge in [-0.3, -0.25) is 9.69 Å².